The number of imidazole rings is 1. The number of H-pyrrole nitrogens is 1. The molecular formula is C16H13FN6S. The Labute approximate surface area is 140 Å². The van der Waals surface area contributed by atoms with Gasteiger partial charge in [-0.15, -0.1) is 10.2 Å². The van der Waals surface area contributed by atoms with Crippen LogP contribution in [-0.4, -0.2) is 24.8 Å². The van der Waals surface area contributed by atoms with E-state index in [0.29, 0.717) is 22.3 Å². The summed E-state index contributed by atoms with van der Waals surface area (Å²) in [5.41, 5.74) is 2.21. The molecule has 0 amide bonds. The van der Waals surface area contributed by atoms with Crippen molar-refractivity contribution in [2.75, 3.05) is 5.84 Å². The summed E-state index contributed by atoms with van der Waals surface area (Å²) in [4.78, 5) is 7.74. The Hall–Kier alpha value is -2.87. The van der Waals surface area contributed by atoms with Crippen LogP contribution >= 0.6 is 11.8 Å². The fourth-order valence-electron chi connectivity index (χ4n) is 2.41. The Morgan fingerprint density at radius 3 is 2.71 bits per heavy atom. The van der Waals surface area contributed by atoms with Crippen LogP contribution < -0.4 is 5.84 Å². The molecule has 0 aliphatic heterocycles. The second-order valence-electron chi connectivity index (χ2n) is 5.15. The van der Waals surface area contributed by atoms with E-state index in [1.54, 1.807) is 18.2 Å². The van der Waals surface area contributed by atoms with Gasteiger partial charge in [0.2, 0.25) is 5.16 Å². The van der Waals surface area contributed by atoms with Gasteiger partial charge in [-0.3, -0.25) is 0 Å². The Morgan fingerprint density at radius 1 is 1.08 bits per heavy atom. The summed E-state index contributed by atoms with van der Waals surface area (Å²) in [6.45, 7) is 0. The van der Waals surface area contributed by atoms with Crippen molar-refractivity contribution in [3.63, 3.8) is 0 Å². The van der Waals surface area contributed by atoms with E-state index in [-0.39, 0.29) is 5.82 Å². The van der Waals surface area contributed by atoms with Gasteiger partial charge < -0.3 is 10.8 Å². The van der Waals surface area contributed by atoms with Crippen LogP contribution in [0.4, 0.5) is 4.39 Å². The van der Waals surface area contributed by atoms with Crippen molar-refractivity contribution in [3.05, 3.63) is 60.2 Å². The van der Waals surface area contributed by atoms with Crippen LogP contribution in [-0.2, 0) is 5.75 Å². The van der Waals surface area contributed by atoms with E-state index >= 15 is 0 Å². The van der Waals surface area contributed by atoms with E-state index < -0.39 is 0 Å². The summed E-state index contributed by atoms with van der Waals surface area (Å²) in [7, 11) is 0. The molecule has 0 saturated carbocycles. The normalized spacial score (nSPS) is 11.2. The van der Waals surface area contributed by atoms with Crippen molar-refractivity contribution in [3.8, 4) is 11.4 Å². The number of halogens is 1. The van der Waals surface area contributed by atoms with E-state index in [9.17, 15) is 4.39 Å². The molecule has 0 aliphatic carbocycles. The second kappa shape index (κ2) is 5.97. The number of thioether (sulfide) groups is 1. The van der Waals surface area contributed by atoms with Crippen molar-refractivity contribution < 1.29 is 4.39 Å². The van der Waals surface area contributed by atoms with E-state index in [4.69, 9.17) is 5.84 Å². The first kappa shape index (κ1) is 14.7. The Morgan fingerprint density at radius 2 is 1.88 bits per heavy atom. The highest BCUT2D eigenvalue weighted by Gasteiger charge is 2.15. The first-order valence-electron chi connectivity index (χ1n) is 7.24. The standard InChI is InChI=1S/C16H13FN6S/c17-11-6-2-1-5-10(11)15-21-22-16(23(15)18)24-9-14-19-12-7-3-4-8-13(12)20-14/h1-8H,9,18H2,(H,19,20). The lowest BCUT2D eigenvalue weighted by Gasteiger charge is -2.03. The van der Waals surface area contributed by atoms with Gasteiger partial charge >= 0.3 is 0 Å². The molecule has 24 heavy (non-hydrogen) atoms. The third-order valence-electron chi connectivity index (χ3n) is 3.56. The molecule has 4 aromatic rings. The lowest BCUT2D eigenvalue weighted by atomic mass is 10.2. The number of hydrogen-bond acceptors (Lipinski definition) is 5. The van der Waals surface area contributed by atoms with E-state index in [1.807, 2.05) is 24.3 Å². The molecule has 0 atom stereocenters. The summed E-state index contributed by atoms with van der Waals surface area (Å²) >= 11 is 1.38. The molecule has 0 bridgehead atoms. The van der Waals surface area contributed by atoms with Crippen molar-refractivity contribution in [1.82, 2.24) is 24.8 Å². The number of fused-ring (bicyclic) bond motifs is 1. The summed E-state index contributed by atoms with van der Waals surface area (Å²) in [6, 6.07) is 14.1. The minimum atomic E-state index is -0.384. The van der Waals surface area contributed by atoms with Gasteiger partial charge in [-0.2, -0.15) is 0 Å². The number of hydrogen-bond donors (Lipinski definition) is 2. The third kappa shape index (κ3) is 2.61. The minimum Gasteiger partial charge on any atom is -0.341 e. The van der Waals surface area contributed by atoms with Gasteiger partial charge in [0, 0.05) is 0 Å². The van der Waals surface area contributed by atoms with Crippen LogP contribution in [0.1, 0.15) is 5.82 Å². The molecule has 0 fully saturated rings. The molecule has 2 heterocycles. The molecule has 0 aliphatic rings. The number of rotatable bonds is 4. The molecule has 2 aromatic carbocycles. The second-order valence-corrected chi connectivity index (χ2v) is 6.09. The number of nitrogens with one attached hydrogen (secondary N) is 1. The molecule has 2 aromatic heterocycles. The van der Waals surface area contributed by atoms with Gasteiger partial charge in [-0.05, 0) is 24.3 Å². The number of benzene rings is 2. The number of nitrogens with zero attached hydrogens (tertiary/aromatic N) is 4. The van der Waals surface area contributed by atoms with Crippen molar-refractivity contribution in [2.45, 2.75) is 10.9 Å². The minimum absolute atomic E-state index is 0.292. The summed E-state index contributed by atoms with van der Waals surface area (Å²) in [5.74, 6) is 7.30. The van der Waals surface area contributed by atoms with Crippen LogP contribution in [0.25, 0.3) is 22.4 Å². The lowest BCUT2D eigenvalue weighted by molar-refractivity contribution is 0.629. The highest BCUT2D eigenvalue weighted by atomic mass is 32.2. The third-order valence-corrected chi connectivity index (χ3v) is 4.51. The van der Waals surface area contributed by atoms with Gasteiger partial charge in [0.25, 0.3) is 0 Å². The number of para-hydroxylation sites is 2. The SMILES string of the molecule is Nn1c(SCc2nc3ccccc3[nH]2)nnc1-c1ccccc1F. The molecule has 6 nitrogen and oxygen atoms in total. The van der Waals surface area contributed by atoms with E-state index in [0.717, 1.165) is 16.9 Å². The van der Waals surface area contributed by atoms with Gasteiger partial charge in [0.05, 0.1) is 22.3 Å². The quantitative estimate of drug-likeness (QED) is 0.441. The zero-order valence-electron chi connectivity index (χ0n) is 12.5. The fraction of sp³-hybridized carbons (Fsp3) is 0.0625. The van der Waals surface area contributed by atoms with Crippen LogP contribution in [0.2, 0.25) is 0 Å². The Bertz CT molecular complexity index is 976. The summed E-state index contributed by atoms with van der Waals surface area (Å²) in [6.07, 6.45) is 0. The number of nitrogen functional groups attached to an aromatic ring is 1. The number of aromatic amines is 1. The van der Waals surface area contributed by atoms with Gasteiger partial charge in [0.1, 0.15) is 11.6 Å². The molecule has 0 unspecified atom stereocenters. The zero-order valence-corrected chi connectivity index (χ0v) is 13.3. The fourth-order valence-corrected chi connectivity index (χ4v) is 3.14. The molecule has 4 rings (SSSR count). The summed E-state index contributed by atoms with van der Waals surface area (Å²) < 4.78 is 15.2. The van der Waals surface area contributed by atoms with E-state index in [1.165, 1.54) is 22.5 Å². The molecular weight excluding hydrogens is 327 g/mol. The maximum absolute atomic E-state index is 13.9. The molecule has 0 radical (unpaired) electrons. The van der Waals surface area contributed by atoms with Crippen molar-refractivity contribution in [1.29, 1.82) is 0 Å². The average molecular weight is 340 g/mol. The molecule has 120 valence electrons. The van der Waals surface area contributed by atoms with Gasteiger partial charge in [-0.25, -0.2) is 14.1 Å². The maximum atomic E-state index is 13.9. The predicted molar refractivity (Wildman–Crippen MR) is 91.2 cm³/mol. The Kier molecular flexibility index (Phi) is 3.66. The first-order chi connectivity index (χ1) is 11.7. The lowest BCUT2D eigenvalue weighted by Crippen LogP contribution is -2.12. The Balaban J connectivity index is 1.56. The van der Waals surface area contributed by atoms with Crippen LogP contribution in [0.3, 0.4) is 0 Å². The number of nitrogens with two attached hydrogens (primary N) is 1. The predicted octanol–water partition coefficient (Wildman–Crippen LogP) is 2.97. The highest BCUT2D eigenvalue weighted by molar-refractivity contribution is 7.98. The first-order valence-corrected chi connectivity index (χ1v) is 8.23. The van der Waals surface area contributed by atoms with Crippen molar-refractivity contribution >= 4 is 22.8 Å². The van der Waals surface area contributed by atoms with Gasteiger partial charge in [0.15, 0.2) is 5.82 Å². The highest BCUT2D eigenvalue weighted by Crippen LogP contribution is 2.25. The van der Waals surface area contributed by atoms with Gasteiger partial charge in [-0.1, -0.05) is 36.0 Å². The average Bonchev–Trinajstić information content (AvgIpc) is 3.17. The molecule has 3 N–H and O–H groups in total. The van der Waals surface area contributed by atoms with E-state index in [2.05, 4.69) is 20.2 Å². The largest absolute Gasteiger partial charge is 0.341 e. The van der Waals surface area contributed by atoms with Crippen LogP contribution in [0.5, 0.6) is 0 Å². The smallest absolute Gasteiger partial charge is 0.210 e. The van der Waals surface area contributed by atoms with Crippen LogP contribution in [0.15, 0.2) is 53.7 Å². The maximum Gasteiger partial charge on any atom is 0.210 e. The van der Waals surface area contributed by atoms with Crippen molar-refractivity contribution in [2.24, 2.45) is 0 Å². The monoisotopic (exact) mass is 340 g/mol. The number of aromatic nitrogens is 5. The molecule has 0 spiro atoms. The topological polar surface area (TPSA) is 85.4 Å². The summed E-state index contributed by atoms with van der Waals surface area (Å²) in [5, 5.41) is 8.54. The molecule has 8 heteroatoms. The zero-order chi connectivity index (χ0) is 16.5. The van der Waals surface area contributed by atoms with Crippen LogP contribution in [0, 0.1) is 5.82 Å². The molecule has 0 saturated heterocycles.